The zero-order valence-corrected chi connectivity index (χ0v) is 16.0. The molecule has 3 rings (SSSR count). The molecular formula is C22H22N2O5. The van der Waals surface area contributed by atoms with Crippen LogP contribution < -0.4 is 15.4 Å². The van der Waals surface area contributed by atoms with Crippen LogP contribution in [-0.2, 0) is 16.1 Å². The smallest absolute Gasteiger partial charge is 0.291 e. The molecule has 0 saturated heterocycles. The van der Waals surface area contributed by atoms with Gasteiger partial charge < -0.3 is 24.5 Å². The maximum absolute atomic E-state index is 12.3. The van der Waals surface area contributed by atoms with Crippen molar-refractivity contribution in [1.82, 2.24) is 0 Å². The first-order chi connectivity index (χ1) is 14.2. The van der Waals surface area contributed by atoms with Crippen LogP contribution in [0.25, 0.3) is 0 Å². The van der Waals surface area contributed by atoms with Gasteiger partial charge >= 0.3 is 0 Å². The largest absolute Gasteiger partial charge is 0.484 e. The number of carbonyl (C=O) groups excluding carboxylic acids is 2. The lowest BCUT2D eigenvalue weighted by Crippen LogP contribution is -2.21. The Morgan fingerprint density at radius 3 is 2.66 bits per heavy atom. The molecule has 2 N–H and O–H groups in total. The van der Waals surface area contributed by atoms with Crippen LogP contribution in [0.4, 0.5) is 11.4 Å². The Bertz CT molecular complexity index is 953. The van der Waals surface area contributed by atoms with Crippen molar-refractivity contribution >= 4 is 23.2 Å². The summed E-state index contributed by atoms with van der Waals surface area (Å²) in [6.45, 7) is 2.77. The molecule has 0 aliphatic rings. The van der Waals surface area contributed by atoms with Crippen LogP contribution in [0, 0.1) is 0 Å². The number of hydrogen-bond donors (Lipinski definition) is 2. The summed E-state index contributed by atoms with van der Waals surface area (Å²) in [6.07, 6.45) is 1.43. The second-order valence-electron chi connectivity index (χ2n) is 6.09. The van der Waals surface area contributed by atoms with Crippen molar-refractivity contribution in [2.24, 2.45) is 0 Å². The summed E-state index contributed by atoms with van der Waals surface area (Å²) in [5.41, 5.74) is 2.12. The minimum absolute atomic E-state index is 0.168. The van der Waals surface area contributed by atoms with Crippen molar-refractivity contribution in [1.29, 1.82) is 0 Å². The number of ether oxygens (including phenoxy) is 2. The van der Waals surface area contributed by atoms with Crippen LogP contribution in [0.15, 0.2) is 71.3 Å². The Kier molecular flexibility index (Phi) is 7.02. The van der Waals surface area contributed by atoms with Crippen LogP contribution in [0.5, 0.6) is 5.75 Å². The molecule has 0 fully saturated rings. The van der Waals surface area contributed by atoms with Crippen molar-refractivity contribution in [2.45, 2.75) is 13.5 Å². The van der Waals surface area contributed by atoms with Crippen LogP contribution in [0.1, 0.15) is 23.0 Å². The van der Waals surface area contributed by atoms with Gasteiger partial charge in [0.25, 0.3) is 11.8 Å². The number of rotatable bonds is 9. The third kappa shape index (κ3) is 5.95. The van der Waals surface area contributed by atoms with Gasteiger partial charge in [-0.1, -0.05) is 24.3 Å². The SMILES string of the molecule is CCOCc1ccccc1NC(=O)COc1cccc(NC(=O)c2ccco2)c1. The molecule has 0 spiro atoms. The maximum atomic E-state index is 12.3. The Labute approximate surface area is 168 Å². The van der Waals surface area contributed by atoms with Gasteiger partial charge in [-0.3, -0.25) is 9.59 Å². The Morgan fingerprint density at radius 1 is 1.00 bits per heavy atom. The van der Waals surface area contributed by atoms with Gasteiger partial charge in [0.15, 0.2) is 12.4 Å². The molecule has 1 heterocycles. The quantitative estimate of drug-likeness (QED) is 0.571. The lowest BCUT2D eigenvalue weighted by atomic mass is 10.2. The summed E-state index contributed by atoms with van der Waals surface area (Å²) in [5.74, 6) is 0.0104. The molecule has 0 radical (unpaired) electrons. The number of hydrogen-bond acceptors (Lipinski definition) is 5. The van der Waals surface area contributed by atoms with Gasteiger partial charge in [-0.05, 0) is 37.3 Å². The van der Waals surface area contributed by atoms with Crippen molar-refractivity contribution < 1.29 is 23.5 Å². The number of carbonyl (C=O) groups is 2. The van der Waals surface area contributed by atoms with E-state index in [9.17, 15) is 9.59 Å². The third-order valence-corrected chi connectivity index (χ3v) is 3.96. The first kappa shape index (κ1) is 20.2. The number of amides is 2. The molecule has 0 aliphatic carbocycles. The van der Waals surface area contributed by atoms with Crippen molar-refractivity contribution in [3.63, 3.8) is 0 Å². The monoisotopic (exact) mass is 394 g/mol. The van der Waals surface area contributed by atoms with E-state index in [0.717, 1.165) is 5.56 Å². The molecule has 0 atom stereocenters. The highest BCUT2D eigenvalue weighted by atomic mass is 16.5. The molecule has 0 aliphatic heterocycles. The lowest BCUT2D eigenvalue weighted by molar-refractivity contribution is -0.118. The molecule has 0 bridgehead atoms. The molecule has 0 saturated carbocycles. The molecule has 29 heavy (non-hydrogen) atoms. The van der Waals surface area contributed by atoms with Crippen LogP contribution in [-0.4, -0.2) is 25.0 Å². The molecule has 7 heteroatoms. The van der Waals surface area contributed by atoms with Gasteiger partial charge in [-0.15, -0.1) is 0 Å². The summed E-state index contributed by atoms with van der Waals surface area (Å²) < 4.78 is 16.0. The summed E-state index contributed by atoms with van der Waals surface area (Å²) in [4.78, 5) is 24.3. The summed E-state index contributed by atoms with van der Waals surface area (Å²) >= 11 is 0. The van der Waals surface area contributed by atoms with E-state index in [0.29, 0.717) is 30.3 Å². The first-order valence-corrected chi connectivity index (χ1v) is 9.19. The lowest BCUT2D eigenvalue weighted by Gasteiger charge is -2.12. The second kappa shape index (κ2) is 10.1. The number of benzene rings is 2. The van der Waals surface area contributed by atoms with E-state index < -0.39 is 0 Å². The van der Waals surface area contributed by atoms with E-state index in [-0.39, 0.29) is 24.2 Å². The molecule has 1 aromatic heterocycles. The third-order valence-electron chi connectivity index (χ3n) is 3.96. The number of anilines is 2. The van der Waals surface area contributed by atoms with Gasteiger partial charge in [-0.25, -0.2) is 0 Å². The predicted molar refractivity (Wildman–Crippen MR) is 109 cm³/mol. The Hall–Kier alpha value is -3.58. The summed E-state index contributed by atoms with van der Waals surface area (Å²) in [5, 5.41) is 5.54. The van der Waals surface area contributed by atoms with Crippen molar-refractivity contribution in [3.05, 3.63) is 78.3 Å². The fourth-order valence-electron chi connectivity index (χ4n) is 2.58. The van der Waals surface area contributed by atoms with Gasteiger partial charge in [0.05, 0.1) is 12.9 Å². The van der Waals surface area contributed by atoms with Crippen LogP contribution >= 0.6 is 0 Å². The number of para-hydroxylation sites is 1. The topological polar surface area (TPSA) is 89.8 Å². The number of furan rings is 1. The second-order valence-corrected chi connectivity index (χ2v) is 6.09. The zero-order chi connectivity index (χ0) is 20.5. The molecule has 150 valence electrons. The number of nitrogens with one attached hydrogen (secondary N) is 2. The first-order valence-electron chi connectivity index (χ1n) is 9.19. The average molecular weight is 394 g/mol. The van der Waals surface area contributed by atoms with Crippen molar-refractivity contribution in [3.8, 4) is 5.75 Å². The average Bonchev–Trinajstić information content (AvgIpc) is 3.27. The fraction of sp³-hybridized carbons (Fsp3) is 0.182. The van der Waals surface area contributed by atoms with Crippen LogP contribution in [0.3, 0.4) is 0 Å². The highest BCUT2D eigenvalue weighted by Gasteiger charge is 2.10. The molecular weight excluding hydrogens is 372 g/mol. The minimum atomic E-state index is -0.365. The molecule has 7 nitrogen and oxygen atoms in total. The highest BCUT2D eigenvalue weighted by Crippen LogP contribution is 2.19. The summed E-state index contributed by atoms with van der Waals surface area (Å²) in [7, 11) is 0. The van der Waals surface area contributed by atoms with E-state index in [1.165, 1.54) is 6.26 Å². The molecule has 0 unspecified atom stereocenters. The van der Waals surface area contributed by atoms with E-state index in [1.54, 1.807) is 36.4 Å². The standard InChI is InChI=1S/C22H22N2O5/c1-2-27-14-16-7-3-4-10-19(16)24-21(25)15-29-18-9-5-8-17(13-18)23-22(26)20-11-6-12-28-20/h3-13H,2,14-15H2,1H3,(H,23,26)(H,24,25). The molecule has 2 amide bonds. The Morgan fingerprint density at radius 2 is 1.86 bits per heavy atom. The van der Waals surface area contributed by atoms with Gasteiger partial charge in [-0.2, -0.15) is 0 Å². The molecule has 3 aromatic rings. The van der Waals surface area contributed by atoms with E-state index >= 15 is 0 Å². The van der Waals surface area contributed by atoms with E-state index in [4.69, 9.17) is 13.9 Å². The van der Waals surface area contributed by atoms with E-state index in [1.807, 2.05) is 31.2 Å². The van der Waals surface area contributed by atoms with Crippen LogP contribution in [0.2, 0.25) is 0 Å². The van der Waals surface area contributed by atoms with Gasteiger partial charge in [0.1, 0.15) is 5.75 Å². The minimum Gasteiger partial charge on any atom is -0.484 e. The van der Waals surface area contributed by atoms with E-state index in [2.05, 4.69) is 10.6 Å². The highest BCUT2D eigenvalue weighted by molar-refractivity contribution is 6.02. The normalized spacial score (nSPS) is 10.4. The van der Waals surface area contributed by atoms with Crippen molar-refractivity contribution in [2.75, 3.05) is 23.8 Å². The zero-order valence-electron chi connectivity index (χ0n) is 16.0. The molecule has 2 aromatic carbocycles. The Balaban J connectivity index is 1.55. The summed E-state index contributed by atoms with van der Waals surface area (Å²) in [6, 6.07) is 17.5. The maximum Gasteiger partial charge on any atom is 0.291 e. The predicted octanol–water partition coefficient (Wildman–Crippen LogP) is 4.09. The van der Waals surface area contributed by atoms with Gasteiger partial charge in [0, 0.05) is 29.6 Å². The van der Waals surface area contributed by atoms with Gasteiger partial charge in [0.2, 0.25) is 0 Å². The fourth-order valence-corrected chi connectivity index (χ4v) is 2.58.